The molecule has 0 radical (unpaired) electrons. The van der Waals surface area contributed by atoms with Gasteiger partial charge in [-0.3, -0.25) is 10.1 Å². The third-order valence-electron chi connectivity index (χ3n) is 2.72. The van der Waals surface area contributed by atoms with Crippen LogP contribution in [-0.4, -0.2) is 12.0 Å². The molecule has 0 aliphatic rings. The second-order valence-electron chi connectivity index (χ2n) is 3.94. The minimum atomic E-state index is -0.423. The number of nitro benzene ring substituents is 1. The molecule has 0 unspecified atom stereocenters. The highest BCUT2D eigenvalue weighted by molar-refractivity contribution is 5.50. The normalized spacial score (nSPS) is 10.0. The highest BCUT2D eigenvalue weighted by atomic mass is 16.6. The van der Waals surface area contributed by atoms with Crippen LogP contribution >= 0.6 is 0 Å². The number of methoxy groups -OCH3 is 1. The first-order valence-corrected chi connectivity index (χ1v) is 5.67. The predicted octanol–water partition coefficient (Wildman–Crippen LogP) is 3.70. The van der Waals surface area contributed by atoms with Crippen LogP contribution in [0.1, 0.15) is 5.56 Å². The highest BCUT2D eigenvalue weighted by Gasteiger charge is 2.14. The SMILES string of the molecule is COc1cccc(Oc2cccc([N+](=O)[O-])c2C)c1. The smallest absolute Gasteiger partial charge is 0.276 e. The van der Waals surface area contributed by atoms with Gasteiger partial charge in [0, 0.05) is 12.1 Å². The molecule has 0 saturated heterocycles. The van der Waals surface area contributed by atoms with Crippen molar-refractivity contribution >= 4 is 5.69 Å². The summed E-state index contributed by atoms with van der Waals surface area (Å²) < 4.78 is 10.8. The van der Waals surface area contributed by atoms with Gasteiger partial charge in [0.1, 0.15) is 17.2 Å². The van der Waals surface area contributed by atoms with Gasteiger partial charge in [-0.05, 0) is 25.1 Å². The van der Waals surface area contributed by atoms with E-state index < -0.39 is 4.92 Å². The molecule has 98 valence electrons. The van der Waals surface area contributed by atoms with Crippen molar-refractivity contribution in [1.82, 2.24) is 0 Å². The Morgan fingerprint density at radius 2 is 1.79 bits per heavy atom. The van der Waals surface area contributed by atoms with Crippen molar-refractivity contribution in [2.24, 2.45) is 0 Å². The van der Waals surface area contributed by atoms with Crippen molar-refractivity contribution in [3.63, 3.8) is 0 Å². The Kier molecular flexibility index (Phi) is 3.66. The minimum Gasteiger partial charge on any atom is -0.497 e. The molecule has 19 heavy (non-hydrogen) atoms. The van der Waals surface area contributed by atoms with E-state index in [2.05, 4.69) is 0 Å². The molecular weight excluding hydrogens is 246 g/mol. The standard InChI is InChI=1S/C14H13NO4/c1-10-13(15(16)17)7-4-8-14(10)19-12-6-3-5-11(9-12)18-2/h3-9H,1-2H3. The quantitative estimate of drug-likeness (QED) is 0.620. The number of nitro groups is 1. The number of rotatable bonds is 4. The topological polar surface area (TPSA) is 61.6 Å². The maximum absolute atomic E-state index is 10.9. The van der Waals surface area contributed by atoms with Crippen LogP contribution in [0.4, 0.5) is 5.69 Å². The van der Waals surface area contributed by atoms with Crippen molar-refractivity contribution < 1.29 is 14.4 Å². The summed E-state index contributed by atoms with van der Waals surface area (Å²) in [6, 6.07) is 11.8. The van der Waals surface area contributed by atoms with Crippen LogP contribution in [0.3, 0.4) is 0 Å². The summed E-state index contributed by atoms with van der Waals surface area (Å²) >= 11 is 0. The van der Waals surface area contributed by atoms with Crippen LogP contribution in [0.2, 0.25) is 0 Å². The monoisotopic (exact) mass is 259 g/mol. The Bertz CT molecular complexity index is 610. The van der Waals surface area contributed by atoms with Gasteiger partial charge in [-0.15, -0.1) is 0 Å². The van der Waals surface area contributed by atoms with Crippen LogP contribution in [0.15, 0.2) is 42.5 Å². The molecule has 0 atom stereocenters. The van der Waals surface area contributed by atoms with E-state index in [1.54, 1.807) is 50.4 Å². The van der Waals surface area contributed by atoms with Gasteiger partial charge in [0.2, 0.25) is 0 Å². The van der Waals surface area contributed by atoms with Crippen molar-refractivity contribution in [1.29, 1.82) is 0 Å². The Balaban J connectivity index is 2.33. The molecule has 0 aromatic heterocycles. The summed E-state index contributed by atoms with van der Waals surface area (Å²) in [7, 11) is 1.57. The fourth-order valence-corrected chi connectivity index (χ4v) is 1.70. The molecule has 0 spiro atoms. The van der Waals surface area contributed by atoms with Crippen LogP contribution in [0.25, 0.3) is 0 Å². The minimum absolute atomic E-state index is 0.0420. The van der Waals surface area contributed by atoms with Crippen molar-refractivity contribution in [3.8, 4) is 17.2 Å². The van der Waals surface area contributed by atoms with Gasteiger partial charge in [0.15, 0.2) is 0 Å². The van der Waals surface area contributed by atoms with E-state index in [0.29, 0.717) is 22.8 Å². The fraction of sp³-hybridized carbons (Fsp3) is 0.143. The van der Waals surface area contributed by atoms with Gasteiger partial charge in [-0.25, -0.2) is 0 Å². The van der Waals surface area contributed by atoms with Gasteiger partial charge in [0.25, 0.3) is 5.69 Å². The van der Waals surface area contributed by atoms with Crippen molar-refractivity contribution in [2.45, 2.75) is 6.92 Å². The predicted molar refractivity (Wildman–Crippen MR) is 70.9 cm³/mol. The van der Waals surface area contributed by atoms with Crippen molar-refractivity contribution in [2.75, 3.05) is 7.11 Å². The summed E-state index contributed by atoms with van der Waals surface area (Å²) in [5.41, 5.74) is 0.538. The number of hydrogen-bond acceptors (Lipinski definition) is 4. The molecule has 0 aliphatic heterocycles. The third-order valence-corrected chi connectivity index (χ3v) is 2.72. The zero-order valence-corrected chi connectivity index (χ0v) is 10.6. The Morgan fingerprint density at radius 3 is 2.47 bits per heavy atom. The molecule has 0 fully saturated rings. The molecule has 0 amide bonds. The van der Waals surface area contributed by atoms with E-state index in [1.807, 2.05) is 0 Å². The van der Waals surface area contributed by atoms with Crippen LogP contribution in [0, 0.1) is 17.0 Å². The lowest BCUT2D eigenvalue weighted by molar-refractivity contribution is -0.385. The number of hydrogen-bond donors (Lipinski definition) is 0. The Hall–Kier alpha value is -2.56. The third kappa shape index (κ3) is 2.82. The van der Waals surface area contributed by atoms with E-state index in [0.717, 1.165) is 0 Å². The Morgan fingerprint density at radius 1 is 1.11 bits per heavy atom. The van der Waals surface area contributed by atoms with E-state index in [9.17, 15) is 10.1 Å². The average molecular weight is 259 g/mol. The lowest BCUT2D eigenvalue weighted by Gasteiger charge is -2.09. The van der Waals surface area contributed by atoms with E-state index in [4.69, 9.17) is 9.47 Å². The zero-order chi connectivity index (χ0) is 13.8. The molecule has 0 heterocycles. The van der Waals surface area contributed by atoms with Gasteiger partial charge in [0.05, 0.1) is 17.6 Å². The van der Waals surface area contributed by atoms with Crippen LogP contribution < -0.4 is 9.47 Å². The zero-order valence-electron chi connectivity index (χ0n) is 10.6. The Labute approximate surface area is 110 Å². The average Bonchev–Trinajstić information content (AvgIpc) is 2.41. The maximum atomic E-state index is 10.9. The first-order chi connectivity index (χ1) is 9.11. The summed E-state index contributed by atoms with van der Waals surface area (Å²) in [6.45, 7) is 1.66. The van der Waals surface area contributed by atoms with Crippen LogP contribution in [0.5, 0.6) is 17.2 Å². The lowest BCUT2D eigenvalue weighted by Crippen LogP contribution is -1.94. The molecule has 0 saturated carbocycles. The second-order valence-corrected chi connectivity index (χ2v) is 3.94. The highest BCUT2D eigenvalue weighted by Crippen LogP contribution is 2.31. The molecule has 0 N–H and O–H groups in total. The molecule has 0 aliphatic carbocycles. The summed E-state index contributed by atoms with van der Waals surface area (Å²) in [6.07, 6.45) is 0. The fourth-order valence-electron chi connectivity index (χ4n) is 1.70. The summed E-state index contributed by atoms with van der Waals surface area (Å²) in [4.78, 5) is 10.4. The van der Waals surface area contributed by atoms with Gasteiger partial charge < -0.3 is 9.47 Å². The number of benzene rings is 2. The van der Waals surface area contributed by atoms with Gasteiger partial charge in [-0.1, -0.05) is 12.1 Å². The van der Waals surface area contributed by atoms with Crippen LogP contribution in [-0.2, 0) is 0 Å². The largest absolute Gasteiger partial charge is 0.497 e. The molecule has 2 rings (SSSR count). The van der Waals surface area contributed by atoms with E-state index in [-0.39, 0.29) is 5.69 Å². The molecular formula is C14H13NO4. The number of nitrogens with zero attached hydrogens (tertiary/aromatic N) is 1. The van der Waals surface area contributed by atoms with E-state index >= 15 is 0 Å². The second kappa shape index (κ2) is 5.39. The molecule has 2 aromatic carbocycles. The first-order valence-electron chi connectivity index (χ1n) is 5.67. The maximum Gasteiger partial charge on any atom is 0.276 e. The van der Waals surface area contributed by atoms with Gasteiger partial charge in [-0.2, -0.15) is 0 Å². The molecule has 5 heteroatoms. The molecule has 2 aromatic rings. The summed E-state index contributed by atoms with van der Waals surface area (Å²) in [5, 5.41) is 10.9. The molecule has 5 nitrogen and oxygen atoms in total. The van der Waals surface area contributed by atoms with E-state index in [1.165, 1.54) is 6.07 Å². The molecule has 0 bridgehead atoms. The van der Waals surface area contributed by atoms with Crippen molar-refractivity contribution in [3.05, 3.63) is 58.1 Å². The van der Waals surface area contributed by atoms with Gasteiger partial charge >= 0.3 is 0 Å². The first kappa shape index (κ1) is 12.9. The number of ether oxygens (including phenoxy) is 2. The summed E-state index contributed by atoms with van der Waals surface area (Å²) in [5.74, 6) is 1.70. The lowest BCUT2D eigenvalue weighted by atomic mass is 10.2.